The molecule has 0 aliphatic carbocycles. The summed E-state index contributed by atoms with van der Waals surface area (Å²) in [5, 5.41) is 2.76. The van der Waals surface area contributed by atoms with E-state index in [2.05, 4.69) is 21.2 Å². The largest absolute Gasteiger partial charge is 0.457 e. The number of nitrogens with one attached hydrogen (secondary N) is 1. The molecule has 1 fully saturated rings. The molecule has 1 aromatic heterocycles. The number of amides is 2. The summed E-state index contributed by atoms with van der Waals surface area (Å²) in [7, 11) is 0. The SMILES string of the molecule is O=C(N/C(=C/c1ccc(-c2ccc(Br)cc2)o1)C(=O)N1CCOCC1)c1ccccc1. The molecule has 0 spiro atoms. The van der Waals surface area contributed by atoms with Crippen LogP contribution >= 0.6 is 15.9 Å². The van der Waals surface area contributed by atoms with Crippen LogP contribution in [0, 0.1) is 0 Å². The second kappa shape index (κ2) is 9.76. The molecule has 0 radical (unpaired) electrons. The van der Waals surface area contributed by atoms with Crippen molar-refractivity contribution >= 4 is 33.8 Å². The summed E-state index contributed by atoms with van der Waals surface area (Å²) >= 11 is 3.42. The minimum Gasteiger partial charge on any atom is -0.457 e. The van der Waals surface area contributed by atoms with Gasteiger partial charge in [0, 0.05) is 34.8 Å². The molecule has 1 aliphatic heterocycles. The molecule has 2 amide bonds. The van der Waals surface area contributed by atoms with Gasteiger partial charge >= 0.3 is 0 Å². The topological polar surface area (TPSA) is 71.8 Å². The second-order valence-electron chi connectivity index (χ2n) is 6.99. The standard InChI is InChI=1S/C24H21BrN2O4/c25-19-8-6-17(7-9-19)22-11-10-20(31-22)16-21(24(29)27-12-14-30-15-13-27)26-23(28)18-4-2-1-3-5-18/h1-11,16H,12-15H2,(H,26,28)/b21-16+. The molecular formula is C24H21BrN2O4. The molecule has 31 heavy (non-hydrogen) atoms. The summed E-state index contributed by atoms with van der Waals surface area (Å²) in [6.45, 7) is 1.89. The highest BCUT2D eigenvalue weighted by molar-refractivity contribution is 9.10. The molecule has 0 atom stereocenters. The van der Waals surface area contributed by atoms with E-state index in [9.17, 15) is 9.59 Å². The van der Waals surface area contributed by atoms with Crippen LogP contribution in [0.4, 0.5) is 0 Å². The van der Waals surface area contributed by atoms with E-state index in [1.54, 1.807) is 41.3 Å². The zero-order chi connectivity index (χ0) is 21.6. The summed E-state index contributed by atoms with van der Waals surface area (Å²) in [6, 6.07) is 20.1. The molecule has 158 valence electrons. The summed E-state index contributed by atoms with van der Waals surface area (Å²) in [5.74, 6) is 0.525. The molecule has 2 heterocycles. The number of furan rings is 1. The Bertz CT molecular complexity index is 1080. The average Bonchev–Trinajstić information content (AvgIpc) is 3.28. The first-order chi connectivity index (χ1) is 15.1. The van der Waals surface area contributed by atoms with Gasteiger partial charge in [0.25, 0.3) is 11.8 Å². The third kappa shape index (κ3) is 5.31. The van der Waals surface area contributed by atoms with Gasteiger partial charge in [0.1, 0.15) is 17.2 Å². The van der Waals surface area contributed by atoms with Crippen LogP contribution in [-0.2, 0) is 9.53 Å². The van der Waals surface area contributed by atoms with Crippen molar-refractivity contribution in [3.63, 3.8) is 0 Å². The van der Waals surface area contributed by atoms with Crippen molar-refractivity contribution in [1.29, 1.82) is 0 Å². The third-order valence-corrected chi connectivity index (χ3v) is 5.38. The number of carbonyl (C=O) groups is 2. The fraction of sp³-hybridized carbons (Fsp3) is 0.167. The lowest BCUT2D eigenvalue weighted by Crippen LogP contribution is -2.44. The normalized spacial score (nSPS) is 14.4. The molecule has 0 bridgehead atoms. The van der Waals surface area contributed by atoms with Crippen molar-refractivity contribution in [2.75, 3.05) is 26.3 Å². The Hall–Kier alpha value is -3.16. The van der Waals surface area contributed by atoms with Crippen molar-refractivity contribution in [3.05, 3.63) is 88.2 Å². The quantitative estimate of drug-likeness (QED) is 0.551. The van der Waals surface area contributed by atoms with Crippen LogP contribution < -0.4 is 5.32 Å². The van der Waals surface area contributed by atoms with Crippen LogP contribution in [0.15, 0.2) is 81.3 Å². The van der Waals surface area contributed by atoms with Crippen molar-refractivity contribution < 1.29 is 18.7 Å². The molecule has 3 aromatic rings. The number of nitrogens with zero attached hydrogens (tertiary/aromatic N) is 1. The highest BCUT2D eigenvalue weighted by Crippen LogP contribution is 2.25. The summed E-state index contributed by atoms with van der Waals surface area (Å²) in [4.78, 5) is 27.5. The zero-order valence-corrected chi connectivity index (χ0v) is 18.3. The van der Waals surface area contributed by atoms with Crippen LogP contribution in [0.2, 0.25) is 0 Å². The molecule has 0 unspecified atom stereocenters. The lowest BCUT2D eigenvalue weighted by Gasteiger charge is -2.27. The van der Waals surface area contributed by atoms with Gasteiger partial charge in [-0.2, -0.15) is 0 Å². The molecule has 2 aromatic carbocycles. The maximum atomic E-state index is 13.1. The van der Waals surface area contributed by atoms with Crippen LogP contribution in [0.1, 0.15) is 16.1 Å². The van der Waals surface area contributed by atoms with Crippen LogP contribution in [0.25, 0.3) is 17.4 Å². The number of halogens is 1. The van der Waals surface area contributed by atoms with Gasteiger partial charge in [0.05, 0.1) is 13.2 Å². The monoisotopic (exact) mass is 480 g/mol. The average molecular weight is 481 g/mol. The molecule has 0 saturated carbocycles. The number of morpholine rings is 1. The van der Waals surface area contributed by atoms with Crippen molar-refractivity contribution in [3.8, 4) is 11.3 Å². The first kappa shape index (κ1) is 21.1. The summed E-state index contributed by atoms with van der Waals surface area (Å²) in [6.07, 6.45) is 1.57. The number of benzene rings is 2. The molecule has 4 rings (SSSR count). The van der Waals surface area contributed by atoms with E-state index in [0.717, 1.165) is 10.0 Å². The Morgan fingerprint density at radius 2 is 1.65 bits per heavy atom. The maximum Gasteiger partial charge on any atom is 0.270 e. The van der Waals surface area contributed by atoms with E-state index in [4.69, 9.17) is 9.15 Å². The molecule has 1 aliphatic rings. The van der Waals surface area contributed by atoms with E-state index in [1.807, 2.05) is 36.4 Å². The first-order valence-corrected chi connectivity index (χ1v) is 10.7. The minimum absolute atomic E-state index is 0.160. The van der Waals surface area contributed by atoms with E-state index in [0.29, 0.717) is 43.4 Å². The van der Waals surface area contributed by atoms with Crippen LogP contribution in [-0.4, -0.2) is 43.0 Å². The van der Waals surface area contributed by atoms with Crippen molar-refractivity contribution in [2.45, 2.75) is 0 Å². The number of hydrogen-bond acceptors (Lipinski definition) is 4. The third-order valence-electron chi connectivity index (χ3n) is 4.86. The molecule has 1 saturated heterocycles. The molecular weight excluding hydrogens is 460 g/mol. The summed E-state index contributed by atoms with van der Waals surface area (Å²) in [5.41, 5.74) is 1.54. The minimum atomic E-state index is -0.354. The van der Waals surface area contributed by atoms with Gasteiger partial charge in [-0.1, -0.05) is 46.3 Å². The number of ether oxygens (including phenoxy) is 1. The molecule has 6 nitrogen and oxygen atoms in total. The highest BCUT2D eigenvalue weighted by atomic mass is 79.9. The number of carbonyl (C=O) groups excluding carboxylic acids is 2. The Labute approximate surface area is 188 Å². The van der Waals surface area contributed by atoms with Gasteiger partial charge in [0.15, 0.2) is 0 Å². The zero-order valence-electron chi connectivity index (χ0n) is 16.7. The van der Waals surface area contributed by atoms with Gasteiger partial charge in [-0.05, 0) is 36.4 Å². The Morgan fingerprint density at radius 1 is 0.935 bits per heavy atom. The predicted octanol–water partition coefficient (Wildman–Crippen LogP) is 4.34. The Morgan fingerprint density at radius 3 is 2.35 bits per heavy atom. The predicted molar refractivity (Wildman–Crippen MR) is 121 cm³/mol. The van der Waals surface area contributed by atoms with E-state index < -0.39 is 0 Å². The van der Waals surface area contributed by atoms with Crippen molar-refractivity contribution in [1.82, 2.24) is 10.2 Å². The van der Waals surface area contributed by atoms with Crippen molar-refractivity contribution in [2.24, 2.45) is 0 Å². The smallest absolute Gasteiger partial charge is 0.270 e. The summed E-state index contributed by atoms with van der Waals surface area (Å²) < 4.78 is 12.2. The first-order valence-electron chi connectivity index (χ1n) is 9.91. The lowest BCUT2D eigenvalue weighted by atomic mass is 10.2. The van der Waals surface area contributed by atoms with E-state index >= 15 is 0 Å². The highest BCUT2D eigenvalue weighted by Gasteiger charge is 2.23. The Kier molecular flexibility index (Phi) is 6.64. The molecule has 7 heteroatoms. The van der Waals surface area contributed by atoms with Gasteiger partial charge in [-0.3, -0.25) is 9.59 Å². The Balaban J connectivity index is 1.61. The fourth-order valence-electron chi connectivity index (χ4n) is 3.21. The lowest BCUT2D eigenvalue weighted by molar-refractivity contribution is -0.131. The van der Waals surface area contributed by atoms with Crippen LogP contribution in [0.3, 0.4) is 0 Å². The van der Waals surface area contributed by atoms with Gasteiger partial charge in [-0.15, -0.1) is 0 Å². The molecule has 1 N–H and O–H groups in total. The number of hydrogen-bond donors (Lipinski definition) is 1. The fourth-order valence-corrected chi connectivity index (χ4v) is 3.48. The van der Waals surface area contributed by atoms with Gasteiger partial charge in [0.2, 0.25) is 0 Å². The van der Waals surface area contributed by atoms with Gasteiger partial charge < -0.3 is 19.4 Å². The van der Waals surface area contributed by atoms with Crippen LogP contribution in [0.5, 0.6) is 0 Å². The maximum absolute atomic E-state index is 13.1. The number of rotatable bonds is 5. The van der Waals surface area contributed by atoms with Gasteiger partial charge in [-0.25, -0.2) is 0 Å². The van der Waals surface area contributed by atoms with E-state index in [1.165, 1.54) is 0 Å². The van der Waals surface area contributed by atoms with E-state index in [-0.39, 0.29) is 17.5 Å². The second-order valence-corrected chi connectivity index (χ2v) is 7.91.